The van der Waals surface area contributed by atoms with Crippen LogP contribution in [0.25, 0.3) is 5.69 Å². The maximum atomic E-state index is 3.93. The number of nitrogens with one attached hydrogen (secondary N) is 1. The molecule has 0 saturated carbocycles. The van der Waals surface area contributed by atoms with E-state index in [1.165, 1.54) is 0 Å². The molecule has 2 rings (SSSR count). The minimum absolute atomic E-state index is 0.853. The summed E-state index contributed by atoms with van der Waals surface area (Å²) in [7, 11) is 0. The highest BCUT2D eigenvalue weighted by Crippen LogP contribution is 2.05. The fourth-order valence-corrected chi connectivity index (χ4v) is 1.53. The molecule has 66 valence electrons. The highest BCUT2D eigenvalue weighted by Gasteiger charge is 2.13. The molecule has 0 aliphatic rings. The largest absolute Gasteiger partial charge is 0.364 e. The summed E-state index contributed by atoms with van der Waals surface area (Å²) in [6.07, 6.45) is 1.97. The summed E-state index contributed by atoms with van der Waals surface area (Å²) in [5.41, 5.74) is 1.04. The highest BCUT2D eigenvalue weighted by atomic mass is 32.2. The number of hydrogen-bond acceptors (Lipinski definition) is 3. The Morgan fingerprint density at radius 1 is 1.31 bits per heavy atom. The van der Waals surface area contributed by atoms with Crippen molar-refractivity contribution in [1.29, 1.82) is 0 Å². The summed E-state index contributed by atoms with van der Waals surface area (Å²) in [6.45, 7) is 0. The van der Waals surface area contributed by atoms with Crippen molar-refractivity contribution >= 4 is 11.8 Å². The molecule has 1 aromatic heterocycles. The third-order valence-corrected chi connectivity index (χ3v) is 2.30. The molecule has 0 fully saturated rings. The number of hydrogen-bond donors (Lipinski definition) is 1. The summed E-state index contributed by atoms with van der Waals surface area (Å²) in [5.74, 6) is 0. The summed E-state index contributed by atoms with van der Waals surface area (Å²) < 4.78 is 1.84. The topological polar surface area (TPSA) is 45.5 Å². The van der Waals surface area contributed by atoms with Gasteiger partial charge in [0.2, 0.25) is 0 Å². The van der Waals surface area contributed by atoms with Gasteiger partial charge in [-0.3, -0.25) is 0 Å². The van der Waals surface area contributed by atoms with Crippen molar-refractivity contribution in [3.05, 3.63) is 30.3 Å². The molecule has 0 bridgehead atoms. The van der Waals surface area contributed by atoms with Gasteiger partial charge in [-0.1, -0.05) is 35.2 Å². The lowest BCUT2D eigenvalue weighted by Crippen LogP contribution is -2.34. The number of nitrogens with zero attached hydrogens (tertiary/aromatic N) is 3. The first-order chi connectivity index (χ1) is 6.42. The van der Waals surface area contributed by atoms with Crippen LogP contribution < -0.4 is 4.68 Å². The Kier molecular flexibility index (Phi) is 2.27. The van der Waals surface area contributed by atoms with Gasteiger partial charge >= 0.3 is 5.16 Å². The monoisotopic (exact) mass is 193 g/mol. The molecule has 0 saturated heterocycles. The molecule has 0 aliphatic heterocycles. The first-order valence-electron chi connectivity index (χ1n) is 3.84. The Morgan fingerprint density at radius 2 is 2.08 bits per heavy atom. The number of aromatic amines is 1. The number of tetrazole rings is 1. The van der Waals surface area contributed by atoms with Crippen LogP contribution in [0, 0.1) is 0 Å². The van der Waals surface area contributed by atoms with Gasteiger partial charge in [0.05, 0.1) is 0 Å². The standard InChI is InChI=1S/C8H8N4S/c1-13-8-9-10-11-12(8)7-5-3-2-4-6-7/h2-6H,1H3/p+1. The van der Waals surface area contributed by atoms with E-state index >= 15 is 0 Å². The number of para-hydroxylation sites is 1. The van der Waals surface area contributed by atoms with E-state index < -0.39 is 0 Å². The lowest BCUT2D eigenvalue weighted by atomic mass is 10.3. The number of aromatic nitrogens is 4. The molecule has 0 atom stereocenters. The van der Waals surface area contributed by atoms with Crippen LogP contribution in [0.4, 0.5) is 0 Å². The van der Waals surface area contributed by atoms with Crippen molar-refractivity contribution in [2.24, 2.45) is 0 Å². The molecule has 4 nitrogen and oxygen atoms in total. The van der Waals surface area contributed by atoms with Gasteiger partial charge in [0.15, 0.2) is 5.21 Å². The second-order valence-electron chi connectivity index (χ2n) is 2.46. The minimum Gasteiger partial charge on any atom is -0.118 e. The second-order valence-corrected chi connectivity index (χ2v) is 3.23. The molecule has 0 spiro atoms. The molecule has 13 heavy (non-hydrogen) atoms. The maximum Gasteiger partial charge on any atom is 0.364 e. The minimum atomic E-state index is 0.853. The third-order valence-electron chi connectivity index (χ3n) is 1.67. The van der Waals surface area contributed by atoms with Crippen LogP contribution >= 0.6 is 11.8 Å². The van der Waals surface area contributed by atoms with Crippen molar-refractivity contribution < 1.29 is 4.68 Å². The van der Waals surface area contributed by atoms with E-state index in [2.05, 4.69) is 15.5 Å². The van der Waals surface area contributed by atoms with Gasteiger partial charge in [0, 0.05) is 0 Å². The molecule has 1 heterocycles. The van der Waals surface area contributed by atoms with Crippen LogP contribution in [0.2, 0.25) is 0 Å². The van der Waals surface area contributed by atoms with E-state index in [4.69, 9.17) is 0 Å². The van der Waals surface area contributed by atoms with Crippen molar-refractivity contribution in [1.82, 2.24) is 15.5 Å². The lowest BCUT2D eigenvalue weighted by Gasteiger charge is -1.94. The molecular formula is C8H9N4S+. The predicted octanol–water partition coefficient (Wildman–Crippen LogP) is 0.803. The second kappa shape index (κ2) is 3.57. The van der Waals surface area contributed by atoms with Gasteiger partial charge in [0.25, 0.3) is 0 Å². The van der Waals surface area contributed by atoms with E-state index in [-0.39, 0.29) is 0 Å². The van der Waals surface area contributed by atoms with Crippen molar-refractivity contribution in [2.45, 2.75) is 5.16 Å². The fourth-order valence-electron chi connectivity index (χ4n) is 1.07. The lowest BCUT2D eigenvalue weighted by molar-refractivity contribution is -0.697. The van der Waals surface area contributed by atoms with Gasteiger partial charge in [0.1, 0.15) is 10.8 Å². The van der Waals surface area contributed by atoms with Crippen LogP contribution in [0.1, 0.15) is 0 Å². The van der Waals surface area contributed by atoms with Crippen LogP contribution in [0.5, 0.6) is 0 Å². The fraction of sp³-hybridized carbons (Fsp3) is 0.125. The Hall–Kier alpha value is -1.36. The summed E-state index contributed by atoms with van der Waals surface area (Å²) in [4.78, 5) is 0. The molecule has 0 radical (unpaired) electrons. The van der Waals surface area contributed by atoms with Crippen LogP contribution in [0.3, 0.4) is 0 Å². The number of benzene rings is 1. The van der Waals surface area contributed by atoms with E-state index in [0.717, 1.165) is 10.8 Å². The molecule has 1 aromatic carbocycles. The number of rotatable bonds is 2. The molecule has 0 unspecified atom stereocenters. The van der Waals surface area contributed by atoms with E-state index in [0.29, 0.717) is 0 Å². The first kappa shape index (κ1) is 8.25. The average molecular weight is 193 g/mol. The van der Waals surface area contributed by atoms with E-state index in [9.17, 15) is 0 Å². The van der Waals surface area contributed by atoms with Crippen LogP contribution in [-0.2, 0) is 0 Å². The van der Waals surface area contributed by atoms with Gasteiger partial charge in [-0.2, -0.15) is 0 Å². The van der Waals surface area contributed by atoms with E-state index in [1.807, 2.05) is 41.3 Å². The SMILES string of the molecule is CSc1nn[nH][n+]1-c1ccccc1. The van der Waals surface area contributed by atoms with Gasteiger partial charge in [-0.15, -0.1) is 4.68 Å². The van der Waals surface area contributed by atoms with Crippen LogP contribution in [0.15, 0.2) is 35.5 Å². The molecule has 0 aliphatic carbocycles. The molecule has 2 aromatic rings. The summed E-state index contributed by atoms with van der Waals surface area (Å²) >= 11 is 1.56. The van der Waals surface area contributed by atoms with Gasteiger partial charge in [-0.25, -0.2) is 0 Å². The Balaban J connectivity index is 2.47. The van der Waals surface area contributed by atoms with Crippen molar-refractivity contribution in [2.75, 3.05) is 6.26 Å². The molecular weight excluding hydrogens is 184 g/mol. The molecule has 0 amide bonds. The quantitative estimate of drug-likeness (QED) is 0.567. The van der Waals surface area contributed by atoms with Gasteiger partial charge in [-0.05, 0) is 18.4 Å². The highest BCUT2D eigenvalue weighted by molar-refractivity contribution is 7.98. The summed E-state index contributed by atoms with van der Waals surface area (Å²) in [6, 6.07) is 9.94. The third kappa shape index (κ3) is 1.55. The zero-order valence-electron chi connectivity index (χ0n) is 7.14. The Bertz CT molecular complexity index is 384. The Morgan fingerprint density at radius 3 is 2.77 bits per heavy atom. The number of thioether (sulfide) groups is 1. The smallest absolute Gasteiger partial charge is 0.118 e. The van der Waals surface area contributed by atoms with Crippen molar-refractivity contribution in [3.8, 4) is 5.69 Å². The predicted molar refractivity (Wildman–Crippen MR) is 49.7 cm³/mol. The average Bonchev–Trinajstić information content (AvgIpc) is 2.67. The normalized spacial score (nSPS) is 10.2. The number of H-pyrrole nitrogens is 1. The van der Waals surface area contributed by atoms with Crippen LogP contribution in [-0.4, -0.2) is 21.8 Å². The molecule has 1 N–H and O–H groups in total. The van der Waals surface area contributed by atoms with Crippen molar-refractivity contribution in [3.63, 3.8) is 0 Å². The van der Waals surface area contributed by atoms with E-state index in [1.54, 1.807) is 11.8 Å². The first-order valence-corrected chi connectivity index (χ1v) is 5.07. The Labute approximate surface area is 80.0 Å². The maximum absolute atomic E-state index is 3.93. The zero-order valence-corrected chi connectivity index (χ0v) is 7.95. The summed E-state index contributed by atoms with van der Waals surface area (Å²) in [5, 5.41) is 11.3. The zero-order chi connectivity index (χ0) is 9.10. The molecule has 5 heteroatoms. The van der Waals surface area contributed by atoms with Gasteiger partial charge < -0.3 is 0 Å².